The van der Waals surface area contributed by atoms with E-state index in [0.717, 1.165) is 4.47 Å². The highest BCUT2D eigenvalue weighted by molar-refractivity contribution is 9.10. The molecule has 0 fully saturated rings. The van der Waals surface area contributed by atoms with Crippen molar-refractivity contribution in [2.75, 3.05) is 0 Å². The van der Waals surface area contributed by atoms with Crippen molar-refractivity contribution in [1.29, 1.82) is 0 Å². The monoisotopic (exact) mass is 350 g/mol. The van der Waals surface area contributed by atoms with E-state index in [1.807, 2.05) is 12.1 Å². The fourth-order valence-electron chi connectivity index (χ4n) is 2.09. The molecule has 3 aromatic rings. The van der Waals surface area contributed by atoms with Crippen molar-refractivity contribution in [3.8, 4) is 5.69 Å². The Hall–Kier alpha value is -1.85. The number of para-hydroxylation sites is 1. The summed E-state index contributed by atoms with van der Waals surface area (Å²) in [5.41, 5.74) is 2.01. The molecule has 0 aliphatic carbocycles. The maximum absolute atomic E-state index is 11.4. The summed E-state index contributed by atoms with van der Waals surface area (Å²) >= 11 is 9.59. The average molecular weight is 352 g/mol. The Balaban J connectivity index is 2.37. The number of aromatic carboxylic acids is 1. The van der Waals surface area contributed by atoms with Gasteiger partial charge in [-0.3, -0.25) is 4.57 Å². The van der Waals surface area contributed by atoms with E-state index in [4.69, 9.17) is 11.6 Å². The number of aromatic nitrogens is 2. The third kappa shape index (κ3) is 2.09. The summed E-state index contributed by atoms with van der Waals surface area (Å²) in [4.78, 5) is 15.6. The molecule has 100 valence electrons. The van der Waals surface area contributed by atoms with Crippen molar-refractivity contribution in [2.45, 2.75) is 0 Å². The molecule has 0 unspecified atom stereocenters. The van der Waals surface area contributed by atoms with Crippen molar-refractivity contribution in [3.63, 3.8) is 0 Å². The first-order valence-corrected chi connectivity index (χ1v) is 6.90. The van der Waals surface area contributed by atoms with Gasteiger partial charge in [-0.2, -0.15) is 0 Å². The van der Waals surface area contributed by atoms with Gasteiger partial charge in [0, 0.05) is 4.47 Å². The zero-order valence-electron chi connectivity index (χ0n) is 10.0. The van der Waals surface area contributed by atoms with Gasteiger partial charge in [-0.1, -0.05) is 33.6 Å². The Bertz CT molecular complexity index is 829. The van der Waals surface area contributed by atoms with Crippen LogP contribution in [0.2, 0.25) is 5.02 Å². The number of fused-ring (bicyclic) bond motifs is 1. The molecule has 0 atom stereocenters. The van der Waals surface area contributed by atoms with Gasteiger partial charge >= 0.3 is 5.97 Å². The topological polar surface area (TPSA) is 55.1 Å². The van der Waals surface area contributed by atoms with Crippen LogP contribution in [0, 0.1) is 0 Å². The molecule has 20 heavy (non-hydrogen) atoms. The van der Waals surface area contributed by atoms with Crippen LogP contribution in [-0.2, 0) is 0 Å². The first kappa shape index (κ1) is 13.1. The normalized spacial score (nSPS) is 10.9. The molecule has 0 saturated heterocycles. The van der Waals surface area contributed by atoms with Gasteiger partial charge in [0.1, 0.15) is 6.33 Å². The molecule has 1 N–H and O–H groups in total. The highest BCUT2D eigenvalue weighted by Crippen LogP contribution is 2.29. The molecule has 0 aliphatic heterocycles. The minimum atomic E-state index is -0.997. The van der Waals surface area contributed by atoms with Gasteiger partial charge in [0.05, 0.1) is 27.3 Å². The minimum Gasteiger partial charge on any atom is -0.478 e. The lowest BCUT2D eigenvalue weighted by atomic mass is 10.2. The average Bonchev–Trinajstić information content (AvgIpc) is 2.85. The quantitative estimate of drug-likeness (QED) is 0.755. The molecular weight excluding hydrogens is 344 g/mol. The predicted octanol–water partition coefficient (Wildman–Crippen LogP) is 4.14. The Kier molecular flexibility index (Phi) is 3.23. The number of hydrogen-bond acceptors (Lipinski definition) is 2. The van der Waals surface area contributed by atoms with E-state index in [2.05, 4.69) is 20.9 Å². The number of carbonyl (C=O) groups is 1. The second-order valence-electron chi connectivity index (χ2n) is 4.19. The van der Waals surface area contributed by atoms with Crippen molar-refractivity contribution < 1.29 is 9.90 Å². The lowest BCUT2D eigenvalue weighted by molar-refractivity contribution is 0.0698. The Morgan fingerprint density at radius 1 is 1.30 bits per heavy atom. The number of imidazole rings is 1. The third-order valence-electron chi connectivity index (χ3n) is 2.97. The number of hydrogen-bond donors (Lipinski definition) is 1. The molecule has 1 heterocycles. The molecule has 0 amide bonds. The van der Waals surface area contributed by atoms with Crippen LogP contribution in [0.4, 0.5) is 0 Å². The molecule has 3 rings (SSSR count). The van der Waals surface area contributed by atoms with Gasteiger partial charge in [-0.25, -0.2) is 9.78 Å². The molecular formula is C14H8BrClN2O2. The molecule has 0 saturated carbocycles. The van der Waals surface area contributed by atoms with E-state index >= 15 is 0 Å². The lowest BCUT2D eigenvalue weighted by Gasteiger charge is -2.09. The number of nitrogens with zero attached hydrogens (tertiary/aromatic N) is 2. The maximum atomic E-state index is 11.4. The Morgan fingerprint density at radius 2 is 2.10 bits per heavy atom. The van der Waals surface area contributed by atoms with Gasteiger partial charge in [0.15, 0.2) is 0 Å². The van der Waals surface area contributed by atoms with Crippen LogP contribution in [0.15, 0.2) is 47.2 Å². The van der Waals surface area contributed by atoms with Crippen LogP contribution in [0.3, 0.4) is 0 Å². The first-order chi connectivity index (χ1) is 9.58. The van der Waals surface area contributed by atoms with Crippen molar-refractivity contribution in [3.05, 3.63) is 57.8 Å². The fourth-order valence-corrected chi connectivity index (χ4v) is 2.65. The number of carboxylic acid groups (broad SMARTS) is 1. The SMILES string of the molecule is O=C(O)c1cccc2ncn(-c3cc(Br)ccc3Cl)c12. The van der Waals surface area contributed by atoms with Crippen LogP contribution in [-0.4, -0.2) is 20.6 Å². The summed E-state index contributed by atoms with van der Waals surface area (Å²) in [5.74, 6) is -0.997. The largest absolute Gasteiger partial charge is 0.478 e. The van der Waals surface area contributed by atoms with Gasteiger partial charge in [0.2, 0.25) is 0 Å². The number of carboxylic acids is 1. The second-order valence-corrected chi connectivity index (χ2v) is 5.51. The van der Waals surface area contributed by atoms with E-state index in [1.165, 1.54) is 0 Å². The highest BCUT2D eigenvalue weighted by Gasteiger charge is 2.15. The molecule has 6 heteroatoms. The fraction of sp³-hybridized carbons (Fsp3) is 0. The number of rotatable bonds is 2. The molecule has 0 radical (unpaired) electrons. The summed E-state index contributed by atoms with van der Waals surface area (Å²) in [6.45, 7) is 0. The Morgan fingerprint density at radius 3 is 2.85 bits per heavy atom. The van der Waals surface area contributed by atoms with Gasteiger partial charge in [0.25, 0.3) is 0 Å². The molecule has 4 nitrogen and oxygen atoms in total. The number of benzene rings is 2. The Labute approximate surface area is 127 Å². The predicted molar refractivity (Wildman–Crippen MR) is 80.7 cm³/mol. The maximum Gasteiger partial charge on any atom is 0.337 e. The summed E-state index contributed by atoms with van der Waals surface area (Å²) in [5, 5.41) is 9.83. The van der Waals surface area contributed by atoms with Crippen molar-refractivity contribution >= 4 is 44.5 Å². The molecule has 0 bridgehead atoms. The first-order valence-electron chi connectivity index (χ1n) is 5.72. The molecule has 1 aromatic heterocycles. The summed E-state index contributed by atoms with van der Waals surface area (Å²) in [7, 11) is 0. The van der Waals surface area contributed by atoms with Crippen LogP contribution >= 0.6 is 27.5 Å². The van der Waals surface area contributed by atoms with Gasteiger partial charge < -0.3 is 5.11 Å². The number of halogens is 2. The van der Waals surface area contributed by atoms with Crippen molar-refractivity contribution in [1.82, 2.24) is 9.55 Å². The lowest BCUT2D eigenvalue weighted by Crippen LogP contribution is -2.02. The van der Waals surface area contributed by atoms with Gasteiger partial charge in [-0.15, -0.1) is 0 Å². The summed E-state index contributed by atoms with van der Waals surface area (Å²) in [6.07, 6.45) is 1.57. The van der Waals surface area contributed by atoms with Crippen LogP contribution < -0.4 is 0 Å². The molecule has 0 aliphatic rings. The second kappa shape index (κ2) is 4.92. The smallest absolute Gasteiger partial charge is 0.337 e. The van der Waals surface area contributed by atoms with E-state index in [9.17, 15) is 9.90 Å². The van der Waals surface area contributed by atoms with E-state index in [-0.39, 0.29) is 5.56 Å². The molecule has 0 spiro atoms. The summed E-state index contributed by atoms with van der Waals surface area (Å²) in [6, 6.07) is 10.4. The van der Waals surface area contributed by atoms with Crippen LogP contribution in [0.1, 0.15) is 10.4 Å². The van der Waals surface area contributed by atoms with E-state index < -0.39 is 5.97 Å². The third-order valence-corrected chi connectivity index (χ3v) is 3.78. The molecule has 2 aromatic carbocycles. The standard InChI is InChI=1S/C14H8BrClN2O2/c15-8-4-5-10(16)12(6-8)18-7-17-11-3-1-2-9(13(11)18)14(19)20/h1-7H,(H,19,20). The van der Waals surface area contributed by atoms with Crippen LogP contribution in [0.5, 0.6) is 0 Å². The van der Waals surface area contributed by atoms with Crippen molar-refractivity contribution in [2.24, 2.45) is 0 Å². The minimum absolute atomic E-state index is 0.191. The zero-order chi connectivity index (χ0) is 14.3. The van der Waals surface area contributed by atoms with E-state index in [0.29, 0.717) is 21.7 Å². The van der Waals surface area contributed by atoms with E-state index in [1.54, 1.807) is 35.2 Å². The zero-order valence-corrected chi connectivity index (χ0v) is 12.4. The highest BCUT2D eigenvalue weighted by atomic mass is 79.9. The summed E-state index contributed by atoms with van der Waals surface area (Å²) < 4.78 is 2.54. The van der Waals surface area contributed by atoms with Crippen LogP contribution in [0.25, 0.3) is 16.7 Å². The van der Waals surface area contributed by atoms with Gasteiger partial charge in [-0.05, 0) is 30.3 Å².